The van der Waals surface area contributed by atoms with Crippen molar-refractivity contribution in [2.75, 3.05) is 7.11 Å². The average molecular weight is 218 g/mol. The van der Waals surface area contributed by atoms with Crippen LogP contribution >= 0.6 is 0 Å². The lowest BCUT2D eigenvalue weighted by Crippen LogP contribution is -2.11. The smallest absolute Gasteiger partial charge is 0.357 e. The molecule has 0 aromatic carbocycles. The lowest BCUT2D eigenvalue weighted by molar-refractivity contribution is 0.0592. The third-order valence-corrected chi connectivity index (χ3v) is 2.64. The maximum atomic E-state index is 11.6. The molecule has 2 rings (SSSR count). The number of carbonyl (C=O) groups is 1. The van der Waals surface area contributed by atoms with Gasteiger partial charge in [0, 0.05) is 11.3 Å². The SMILES string of the molecule is CC=Cc1nc2c(c(C(=O)OC)n1)CCC2. The predicted octanol–water partition coefficient (Wildman–Crippen LogP) is 1.79. The highest BCUT2D eigenvalue weighted by molar-refractivity contribution is 5.89. The van der Waals surface area contributed by atoms with Gasteiger partial charge in [-0.1, -0.05) is 6.08 Å². The normalized spacial score (nSPS) is 14.1. The molecule has 0 saturated carbocycles. The van der Waals surface area contributed by atoms with E-state index in [1.54, 1.807) is 6.08 Å². The summed E-state index contributed by atoms with van der Waals surface area (Å²) in [6, 6.07) is 0. The van der Waals surface area contributed by atoms with Gasteiger partial charge in [-0.2, -0.15) is 0 Å². The minimum Gasteiger partial charge on any atom is -0.464 e. The summed E-state index contributed by atoms with van der Waals surface area (Å²) in [7, 11) is 1.38. The van der Waals surface area contributed by atoms with Crippen LogP contribution in [0, 0.1) is 0 Å². The first-order chi connectivity index (χ1) is 7.76. The first kappa shape index (κ1) is 10.8. The second kappa shape index (κ2) is 4.43. The van der Waals surface area contributed by atoms with Gasteiger partial charge in [0.15, 0.2) is 11.5 Å². The number of rotatable bonds is 2. The number of fused-ring (bicyclic) bond motifs is 1. The van der Waals surface area contributed by atoms with E-state index < -0.39 is 0 Å². The van der Waals surface area contributed by atoms with E-state index in [9.17, 15) is 4.79 Å². The van der Waals surface area contributed by atoms with Crippen LogP contribution in [-0.2, 0) is 17.6 Å². The molecule has 1 aliphatic carbocycles. The number of methoxy groups -OCH3 is 1. The molecule has 0 fully saturated rings. The van der Waals surface area contributed by atoms with Crippen molar-refractivity contribution in [3.05, 3.63) is 28.9 Å². The van der Waals surface area contributed by atoms with Gasteiger partial charge in [0.1, 0.15) is 0 Å². The van der Waals surface area contributed by atoms with E-state index >= 15 is 0 Å². The molecule has 1 aromatic rings. The van der Waals surface area contributed by atoms with Gasteiger partial charge in [-0.15, -0.1) is 0 Å². The molecule has 0 N–H and O–H groups in total. The molecule has 84 valence electrons. The van der Waals surface area contributed by atoms with E-state index in [4.69, 9.17) is 4.74 Å². The molecule has 0 saturated heterocycles. The molecule has 0 radical (unpaired) electrons. The summed E-state index contributed by atoms with van der Waals surface area (Å²) in [6.07, 6.45) is 6.48. The van der Waals surface area contributed by atoms with E-state index in [1.807, 2.05) is 13.0 Å². The fourth-order valence-corrected chi connectivity index (χ4v) is 1.94. The van der Waals surface area contributed by atoms with Crippen LogP contribution in [0.15, 0.2) is 6.08 Å². The van der Waals surface area contributed by atoms with E-state index in [1.165, 1.54) is 7.11 Å². The zero-order chi connectivity index (χ0) is 11.5. The largest absolute Gasteiger partial charge is 0.464 e. The number of hydrogen-bond acceptors (Lipinski definition) is 4. The van der Waals surface area contributed by atoms with Gasteiger partial charge < -0.3 is 4.74 Å². The maximum absolute atomic E-state index is 11.6. The Balaban J connectivity index is 2.53. The van der Waals surface area contributed by atoms with Gasteiger partial charge in [-0.05, 0) is 32.3 Å². The zero-order valence-corrected chi connectivity index (χ0v) is 9.49. The average Bonchev–Trinajstić information content (AvgIpc) is 2.75. The second-order valence-corrected chi connectivity index (χ2v) is 3.70. The van der Waals surface area contributed by atoms with E-state index in [2.05, 4.69) is 9.97 Å². The summed E-state index contributed by atoms with van der Waals surface area (Å²) in [5, 5.41) is 0. The minimum absolute atomic E-state index is 0.369. The van der Waals surface area contributed by atoms with Crippen molar-refractivity contribution in [3.63, 3.8) is 0 Å². The monoisotopic (exact) mass is 218 g/mol. The zero-order valence-electron chi connectivity index (χ0n) is 9.49. The van der Waals surface area contributed by atoms with Crippen LogP contribution in [0.1, 0.15) is 40.9 Å². The van der Waals surface area contributed by atoms with E-state index in [0.717, 1.165) is 30.5 Å². The van der Waals surface area contributed by atoms with E-state index in [0.29, 0.717) is 11.5 Å². The fraction of sp³-hybridized carbons (Fsp3) is 0.417. The lowest BCUT2D eigenvalue weighted by Gasteiger charge is -2.06. The van der Waals surface area contributed by atoms with Crippen molar-refractivity contribution in [3.8, 4) is 0 Å². The molecule has 0 atom stereocenters. The molecule has 1 aliphatic rings. The topological polar surface area (TPSA) is 52.1 Å². The number of aromatic nitrogens is 2. The van der Waals surface area contributed by atoms with Crippen LogP contribution in [0.2, 0.25) is 0 Å². The Morgan fingerprint density at radius 2 is 2.19 bits per heavy atom. The summed E-state index contributed by atoms with van der Waals surface area (Å²) in [5.41, 5.74) is 2.38. The number of carbonyl (C=O) groups excluding carboxylic acids is 1. The number of aryl methyl sites for hydroxylation is 1. The van der Waals surface area contributed by atoms with Crippen LogP contribution in [0.5, 0.6) is 0 Å². The van der Waals surface area contributed by atoms with Gasteiger partial charge in [0.05, 0.1) is 7.11 Å². The maximum Gasteiger partial charge on any atom is 0.357 e. The van der Waals surface area contributed by atoms with Crippen molar-refractivity contribution in [1.29, 1.82) is 0 Å². The molecule has 0 aliphatic heterocycles. The van der Waals surface area contributed by atoms with Gasteiger partial charge in [0.25, 0.3) is 0 Å². The number of allylic oxidation sites excluding steroid dienone is 1. The Kier molecular flexibility index (Phi) is 2.99. The van der Waals surface area contributed by atoms with Crippen molar-refractivity contribution in [2.45, 2.75) is 26.2 Å². The summed E-state index contributed by atoms with van der Waals surface area (Å²) in [5.74, 6) is 0.217. The molecule has 1 aromatic heterocycles. The first-order valence-electron chi connectivity index (χ1n) is 5.37. The highest BCUT2D eigenvalue weighted by Crippen LogP contribution is 2.23. The van der Waals surface area contributed by atoms with E-state index in [-0.39, 0.29) is 5.97 Å². The summed E-state index contributed by atoms with van der Waals surface area (Å²) >= 11 is 0. The van der Waals surface area contributed by atoms with Crippen molar-refractivity contribution in [2.24, 2.45) is 0 Å². The first-order valence-corrected chi connectivity index (χ1v) is 5.37. The van der Waals surface area contributed by atoms with Crippen LogP contribution in [0.3, 0.4) is 0 Å². The van der Waals surface area contributed by atoms with Crippen molar-refractivity contribution >= 4 is 12.0 Å². The highest BCUT2D eigenvalue weighted by Gasteiger charge is 2.23. The number of esters is 1. The highest BCUT2D eigenvalue weighted by atomic mass is 16.5. The van der Waals surface area contributed by atoms with Gasteiger partial charge in [0.2, 0.25) is 0 Å². The third kappa shape index (κ3) is 1.83. The summed E-state index contributed by atoms with van der Waals surface area (Å²) in [4.78, 5) is 20.2. The fourth-order valence-electron chi connectivity index (χ4n) is 1.94. The summed E-state index contributed by atoms with van der Waals surface area (Å²) < 4.78 is 4.74. The van der Waals surface area contributed by atoms with Crippen LogP contribution in [0.4, 0.5) is 0 Å². The lowest BCUT2D eigenvalue weighted by atomic mass is 10.2. The standard InChI is InChI=1S/C12H14N2O2/c1-3-5-10-13-9-7-4-6-8(9)11(14-10)12(15)16-2/h3,5H,4,6-7H2,1-2H3. The third-order valence-electron chi connectivity index (χ3n) is 2.64. The molecule has 0 bridgehead atoms. The Labute approximate surface area is 94.4 Å². The van der Waals surface area contributed by atoms with Crippen LogP contribution in [-0.4, -0.2) is 23.0 Å². The molecule has 0 spiro atoms. The molecule has 0 amide bonds. The van der Waals surface area contributed by atoms with Crippen LogP contribution < -0.4 is 0 Å². The van der Waals surface area contributed by atoms with Gasteiger partial charge in [-0.3, -0.25) is 0 Å². The minimum atomic E-state index is -0.369. The quantitative estimate of drug-likeness (QED) is 0.710. The van der Waals surface area contributed by atoms with Crippen LogP contribution in [0.25, 0.3) is 6.08 Å². The van der Waals surface area contributed by atoms with Crippen molar-refractivity contribution < 1.29 is 9.53 Å². The molecule has 4 heteroatoms. The molecule has 0 unspecified atom stereocenters. The Morgan fingerprint density at radius 1 is 1.38 bits per heavy atom. The molecular weight excluding hydrogens is 204 g/mol. The molecular formula is C12H14N2O2. The second-order valence-electron chi connectivity index (χ2n) is 3.70. The predicted molar refractivity (Wildman–Crippen MR) is 60.1 cm³/mol. The molecule has 4 nitrogen and oxygen atoms in total. The van der Waals surface area contributed by atoms with Gasteiger partial charge in [-0.25, -0.2) is 14.8 Å². The van der Waals surface area contributed by atoms with Crippen molar-refractivity contribution in [1.82, 2.24) is 9.97 Å². The Morgan fingerprint density at radius 3 is 2.88 bits per heavy atom. The van der Waals surface area contributed by atoms with Gasteiger partial charge >= 0.3 is 5.97 Å². The number of ether oxygens (including phenoxy) is 1. The number of hydrogen-bond donors (Lipinski definition) is 0. The number of nitrogens with zero attached hydrogens (tertiary/aromatic N) is 2. The summed E-state index contributed by atoms with van der Waals surface area (Å²) in [6.45, 7) is 1.90. The molecule has 1 heterocycles. The molecule has 16 heavy (non-hydrogen) atoms. The Bertz CT molecular complexity index is 453. The Hall–Kier alpha value is -1.71.